The van der Waals surface area contributed by atoms with Gasteiger partial charge in [0.15, 0.2) is 11.2 Å². The lowest BCUT2D eigenvalue weighted by Crippen LogP contribution is -2.17. The molecule has 0 saturated carbocycles. The lowest BCUT2D eigenvalue weighted by atomic mass is 10.3. The molecule has 2 aromatic carbocycles. The molecule has 0 saturated heterocycles. The van der Waals surface area contributed by atoms with E-state index < -0.39 is 0 Å². The first kappa shape index (κ1) is 15.7. The third-order valence-electron chi connectivity index (χ3n) is 4.29. The van der Waals surface area contributed by atoms with E-state index in [1.54, 1.807) is 21.4 Å². The molecule has 0 aliphatic rings. The average Bonchev–Trinajstić information content (AvgIpc) is 3.25. The Kier molecular flexibility index (Phi) is 3.34. The minimum absolute atomic E-state index is 0.164. The van der Waals surface area contributed by atoms with Gasteiger partial charge in [0, 0.05) is 5.02 Å². The van der Waals surface area contributed by atoms with Crippen molar-refractivity contribution in [3.8, 4) is 11.4 Å². The van der Waals surface area contributed by atoms with Gasteiger partial charge in [0.25, 0.3) is 0 Å². The van der Waals surface area contributed by atoms with Gasteiger partial charge in [0.2, 0.25) is 5.78 Å². The lowest BCUT2D eigenvalue weighted by Gasteiger charge is -2.05. The molecule has 9 heteroatoms. The molecule has 0 bridgehead atoms. The molecule has 0 amide bonds. The predicted molar refractivity (Wildman–Crippen MR) is 101 cm³/mol. The number of rotatable bonds is 2. The van der Waals surface area contributed by atoms with Crippen LogP contribution in [-0.4, -0.2) is 34.2 Å². The van der Waals surface area contributed by atoms with Crippen LogP contribution in [0, 0.1) is 6.92 Å². The summed E-state index contributed by atoms with van der Waals surface area (Å²) in [6.07, 6.45) is 0. The highest BCUT2D eigenvalue weighted by molar-refractivity contribution is 6.30. The van der Waals surface area contributed by atoms with Crippen molar-refractivity contribution in [3.63, 3.8) is 0 Å². The van der Waals surface area contributed by atoms with Crippen LogP contribution in [0.25, 0.3) is 28.3 Å². The fourth-order valence-electron chi connectivity index (χ4n) is 3.05. The van der Waals surface area contributed by atoms with E-state index in [-0.39, 0.29) is 11.1 Å². The van der Waals surface area contributed by atoms with Gasteiger partial charge in [-0.15, -0.1) is 10.2 Å². The van der Waals surface area contributed by atoms with Crippen LogP contribution in [-0.2, 0) is 0 Å². The average molecular weight is 378 g/mol. The van der Waals surface area contributed by atoms with Gasteiger partial charge in [-0.25, -0.2) is 0 Å². The molecule has 0 aliphatic heterocycles. The summed E-state index contributed by atoms with van der Waals surface area (Å²) < 4.78 is 4.58. The summed E-state index contributed by atoms with van der Waals surface area (Å²) in [5.74, 6) is 1.00. The van der Waals surface area contributed by atoms with Crippen LogP contribution in [0.15, 0.2) is 59.4 Å². The van der Waals surface area contributed by atoms with E-state index in [0.29, 0.717) is 22.3 Å². The third kappa shape index (κ3) is 2.34. The van der Waals surface area contributed by atoms with E-state index in [9.17, 15) is 4.79 Å². The Morgan fingerprint density at radius 2 is 1.70 bits per heavy atom. The second-order valence-corrected chi connectivity index (χ2v) is 6.43. The van der Waals surface area contributed by atoms with Crippen molar-refractivity contribution in [2.45, 2.75) is 6.92 Å². The molecule has 132 valence electrons. The van der Waals surface area contributed by atoms with Gasteiger partial charge in [-0.1, -0.05) is 35.0 Å². The van der Waals surface area contributed by atoms with Crippen molar-refractivity contribution in [1.29, 1.82) is 0 Å². The first-order valence-corrected chi connectivity index (χ1v) is 8.56. The molecule has 0 spiro atoms. The summed E-state index contributed by atoms with van der Waals surface area (Å²) >= 11 is 5.99. The Morgan fingerprint density at radius 3 is 2.44 bits per heavy atom. The maximum Gasteiger partial charge on any atom is 0.305 e. The van der Waals surface area contributed by atoms with E-state index in [4.69, 9.17) is 11.6 Å². The smallest absolute Gasteiger partial charge is 0.265 e. The van der Waals surface area contributed by atoms with Crippen LogP contribution in [0.2, 0.25) is 5.02 Å². The molecule has 0 fully saturated rings. The molecular weight excluding hydrogens is 366 g/mol. The van der Waals surface area contributed by atoms with Crippen LogP contribution in [0.3, 0.4) is 0 Å². The van der Waals surface area contributed by atoms with Crippen molar-refractivity contribution in [3.05, 3.63) is 75.8 Å². The zero-order chi connectivity index (χ0) is 18.5. The number of aryl methyl sites for hydroxylation is 1. The fourth-order valence-corrected chi connectivity index (χ4v) is 3.18. The predicted octanol–water partition coefficient (Wildman–Crippen LogP) is 2.58. The highest BCUT2D eigenvalue weighted by atomic mass is 35.5. The van der Waals surface area contributed by atoms with Gasteiger partial charge in [-0.3, -0.25) is 9.36 Å². The molecule has 5 rings (SSSR count). The third-order valence-corrected chi connectivity index (χ3v) is 4.54. The number of fused-ring (bicyclic) bond motifs is 2. The molecule has 0 radical (unpaired) electrons. The Bertz CT molecular complexity index is 1350. The minimum atomic E-state index is -0.368. The van der Waals surface area contributed by atoms with Crippen LogP contribution in [0.1, 0.15) is 5.82 Å². The topological polar surface area (TPSA) is 82.9 Å². The molecule has 0 aliphatic carbocycles. The molecule has 0 N–H and O–H groups in total. The van der Waals surface area contributed by atoms with E-state index in [1.165, 1.54) is 4.52 Å². The SMILES string of the molecule is Cc1nn2c(=O)c3nnn(-c4ccccc4)c3nc2n1-c1ccc(Cl)cc1. The Labute approximate surface area is 157 Å². The first-order chi connectivity index (χ1) is 13.1. The Hall–Kier alpha value is -3.52. The molecule has 27 heavy (non-hydrogen) atoms. The van der Waals surface area contributed by atoms with Gasteiger partial charge in [-0.2, -0.15) is 14.2 Å². The summed E-state index contributed by atoms with van der Waals surface area (Å²) in [5.41, 5.74) is 1.74. The summed E-state index contributed by atoms with van der Waals surface area (Å²) in [6.45, 7) is 1.81. The quantitative estimate of drug-likeness (QED) is 0.472. The summed E-state index contributed by atoms with van der Waals surface area (Å²) in [6, 6.07) is 16.7. The number of halogens is 1. The molecule has 8 nitrogen and oxygen atoms in total. The minimum Gasteiger partial charge on any atom is -0.265 e. The number of aromatic nitrogens is 7. The van der Waals surface area contributed by atoms with Gasteiger partial charge < -0.3 is 0 Å². The fraction of sp³-hybridized carbons (Fsp3) is 0.0556. The van der Waals surface area contributed by atoms with Crippen molar-refractivity contribution in [2.75, 3.05) is 0 Å². The van der Waals surface area contributed by atoms with Crippen LogP contribution >= 0.6 is 11.6 Å². The van der Waals surface area contributed by atoms with Crippen molar-refractivity contribution < 1.29 is 0 Å². The van der Waals surface area contributed by atoms with E-state index >= 15 is 0 Å². The monoisotopic (exact) mass is 377 g/mol. The Balaban J connectivity index is 1.86. The number of nitrogens with zero attached hydrogens (tertiary/aromatic N) is 7. The van der Waals surface area contributed by atoms with Gasteiger partial charge in [0.1, 0.15) is 5.82 Å². The standard InChI is InChI=1S/C18H12ClN7O/c1-11-22-26-17(27)15-16(25(23-21-15)14-5-3-2-4-6-14)20-18(26)24(11)13-9-7-12(19)8-10-13/h2-10H,1H3. The number of benzene rings is 2. The van der Waals surface area contributed by atoms with Gasteiger partial charge >= 0.3 is 5.56 Å². The van der Waals surface area contributed by atoms with E-state index in [2.05, 4.69) is 20.4 Å². The van der Waals surface area contributed by atoms with Crippen LogP contribution in [0.5, 0.6) is 0 Å². The maximum absolute atomic E-state index is 12.9. The van der Waals surface area contributed by atoms with E-state index in [0.717, 1.165) is 11.4 Å². The molecule has 0 atom stereocenters. The van der Waals surface area contributed by atoms with Crippen molar-refractivity contribution in [1.82, 2.24) is 34.2 Å². The van der Waals surface area contributed by atoms with Crippen LogP contribution < -0.4 is 5.56 Å². The number of para-hydroxylation sites is 1. The molecule has 3 aromatic heterocycles. The zero-order valence-corrected chi connectivity index (χ0v) is 14.9. The van der Waals surface area contributed by atoms with Crippen molar-refractivity contribution in [2.24, 2.45) is 0 Å². The lowest BCUT2D eigenvalue weighted by molar-refractivity contribution is 0.817. The summed E-state index contributed by atoms with van der Waals surface area (Å²) in [5, 5.41) is 13.1. The highest BCUT2D eigenvalue weighted by Gasteiger charge is 2.19. The van der Waals surface area contributed by atoms with Gasteiger partial charge in [-0.05, 0) is 43.3 Å². The zero-order valence-electron chi connectivity index (χ0n) is 14.1. The van der Waals surface area contributed by atoms with Crippen molar-refractivity contribution >= 4 is 28.5 Å². The number of hydrogen-bond acceptors (Lipinski definition) is 5. The second kappa shape index (κ2) is 5.75. The highest BCUT2D eigenvalue weighted by Crippen LogP contribution is 2.19. The second-order valence-electron chi connectivity index (χ2n) is 6.00. The molecule has 5 aromatic rings. The Morgan fingerprint density at radius 1 is 0.963 bits per heavy atom. The van der Waals surface area contributed by atoms with E-state index in [1.807, 2.05) is 49.4 Å². The normalized spacial score (nSPS) is 11.5. The summed E-state index contributed by atoms with van der Waals surface area (Å²) in [4.78, 5) is 17.6. The van der Waals surface area contributed by atoms with Crippen LogP contribution in [0.4, 0.5) is 0 Å². The first-order valence-electron chi connectivity index (χ1n) is 8.18. The summed E-state index contributed by atoms with van der Waals surface area (Å²) in [7, 11) is 0. The number of hydrogen-bond donors (Lipinski definition) is 0. The molecule has 0 unspecified atom stereocenters. The molecule has 3 heterocycles. The largest absolute Gasteiger partial charge is 0.305 e. The molecular formula is C18H12ClN7O. The maximum atomic E-state index is 12.9. The van der Waals surface area contributed by atoms with Gasteiger partial charge in [0.05, 0.1) is 11.4 Å².